The van der Waals surface area contributed by atoms with Crippen molar-refractivity contribution in [3.8, 4) is 0 Å². The first-order valence-corrected chi connectivity index (χ1v) is 12.4. The number of amides is 1. The van der Waals surface area contributed by atoms with E-state index in [9.17, 15) is 9.59 Å². The molecule has 1 atom stereocenters. The first-order valence-electron chi connectivity index (χ1n) is 11.1. The molecule has 0 aliphatic heterocycles. The summed E-state index contributed by atoms with van der Waals surface area (Å²) >= 11 is 6.90. The molecule has 0 radical (unpaired) electrons. The van der Waals surface area contributed by atoms with E-state index in [0.717, 1.165) is 32.7 Å². The van der Waals surface area contributed by atoms with Gasteiger partial charge in [0.1, 0.15) is 0 Å². The smallest absolute Gasteiger partial charge is 0.237 e. The maximum atomic E-state index is 12.9. The number of benzene rings is 4. The van der Waals surface area contributed by atoms with Crippen LogP contribution in [0.4, 0.5) is 17.1 Å². The molecule has 35 heavy (non-hydrogen) atoms. The molecule has 0 saturated carbocycles. The Morgan fingerprint density at radius 2 is 1.49 bits per heavy atom. The predicted octanol–water partition coefficient (Wildman–Crippen LogP) is 6.97. The van der Waals surface area contributed by atoms with E-state index in [2.05, 4.69) is 16.0 Å². The van der Waals surface area contributed by atoms with Gasteiger partial charge >= 0.3 is 0 Å². The molecular formula is C28H25N3O2S2. The third-order valence-corrected chi connectivity index (χ3v) is 6.67. The molecule has 7 heteroatoms. The number of carbonyl (C=O) groups is 2. The van der Waals surface area contributed by atoms with Gasteiger partial charge in [0.15, 0.2) is 10.9 Å². The Bertz CT molecular complexity index is 1380. The summed E-state index contributed by atoms with van der Waals surface area (Å²) in [6, 6.07) is 28.8. The van der Waals surface area contributed by atoms with Crippen LogP contribution in [0.5, 0.6) is 0 Å². The molecular weight excluding hydrogens is 474 g/mol. The van der Waals surface area contributed by atoms with E-state index < -0.39 is 0 Å². The molecule has 0 spiro atoms. The second kappa shape index (κ2) is 11.2. The van der Waals surface area contributed by atoms with E-state index >= 15 is 0 Å². The molecule has 4 aromatic rings. The van der Waals surface area contributed by atoms with Gasteiger partial charge in [-0.15, -0.1) is 11.8 Å². The Balaban J connectivity index is 1.36. The summed E-state index contributed by atoms with van der Waals surface area (Å²) in [7, 11) is 0. The number of thiocarbonyl (C=S) groups is 1. The van der Waals surface area contributed by atoms with Crippen molar-refractivity contribution < 1.29 is 9.59 Å². The lowest BCUT2D eigenvalue weighted by molar-refractivity contribution is -0.115. The molecule has 1 unspecified atom stereocenters. The predicted molar refractivity (Wildman–Crippen MR) is 151 cm³/mol. The normalized spacial score (nSPS) is 11.5. The summed E-state index contributed by atoms with van der Waals surface area (Å²) in [4.78, 5) is 25.3. The van der Waals surface area contributed by atoms with Gasteiger partial charge in [-0.1, -0.05) is 42.5 Å². The minimum absolute atomic E-state index is 0.0200. The summed E-state index contributed by atoms with van der Waals surface area (Å²) in [6.45, 7) is 3.43. The number of carbonyl (C=O) groups excluding carboxylic acids is 2. The van der Waals surface area contributed by atoms with Crippen LogP contribution in [0, 0.1) is 0 Å². The topological polar surface area (TPSA) is 70.2 Å². The van der Waals surface area contributed by atoms with Gasteiger partial charge in [-0.2, -0.15) is 0 Å². The van der Waals surface area contributed by atoms with Gasteiger partial charge in [-0.25, -0.2) is 0 Å². The fourth-order valence-corrected chi connectivity index (χ4v) is 4.72. The molecule has 0 saturated heterocycles. The van der Waals surface area contributed by atoms with Crippen LogP contribution in [0.15, 0.2) is 95.9 Å². The van der Waals surface area contributed by atoms with Gasteiger partial charge < -0.3 is 16.0 Å². The molecule has 3 N–H and O–H groups in total. The summed E-state index contributed by atoms with van der Waals surface area (Å²) in [5, 5.41) is 11.6. The van der Waals surface area contributed by atoms with Gasteiger partial charge in [0.2, 0.25) is 5.91 Å². The van der Waals surface area contributed by atoms with Crippen LogP contribution < -0.4 is 16.0 Å². The number of hydrogen-bond acceptors (Lipinski definition) is 4. The fourth-order valence-electron chi connectivity index (χ4n) is 3.56. The lowest BCUT2D eigenvalue weighted by atomic mass is 10.1. The Morgan fingerprint density at radius 1 is 0.800 bits per heavy atom. The third kappa shape index (κ3) is 6.47. The first kappa shape index (κ1) is 24.4. The second-order valence-corrected chi connectivity index (χ2v) is 9.84. The standard InChI is InChI=1S/C28H25N3O2S2/c1-18(32)20-13-15-22(16-14-20)29-28(34)30-23-9-6-10-24(17-23)35-19(2)27(33)31-26-12-5-8-21-7-3-4-11-25(21)26/h3-17,19H,1-2H3,(H,31,33)(H2,29,30,34). The number of rotatable bonds is 7. The molecule has 1 amide bonds. The molecule has 0 fully saturated rings. The maximum Gasteiger partial charge on any atom is 0.237 e. The van der Waals surface area contributed by atoms with Gasteiger partial charge in [0, 0.05) is 32.9 Å². The Labute approximate surface area is 214 Å². The van der Waals surface area contributed by atoms with Crippen LogP contribution in [0.3, 0.4) is 0 Å². The molecule has 0 bridgehead atoms. The summed E-state index contributed by atoms with van der Waals surface area (Å²) < 4.78 is 0. The second-order valence-electron chi connectivity index (χ2n) is 8.02. The average molecular weight is 500 g/mol. The van der Waals surface area contributed by atoms with Crippen molar-refractivity contribution in [2.45, 2.75) is 24.0 Å². The first-order chi connectivity index (χ1) is 16.9. The van der Waals surface area contributed by atoms with Crippen molar-refractivity contribution >= 4 is 68.6 Å². The zero-order valence-corrected chi connectivity index (χ0v) is 21.0. The highest BCUT2D eigenvalue weighted by Crippen LogP contribution is 2.28. The van der Waals surface area contributed by atoms with E-state index in [1.807, 2.05) is 85.8 Å². The van der Waals surface area contributed by atoms with Gasteiger partial charge in [-0.05, 0) is 80.0 Å². The summed E-state index contributed by atoms with van der Waals surface area (Å²) in [6.07, 6.45) is 0. The quantitative estimate of drug-likeness (QED) is 0.145. The number of anilines is 3. The van der Waals surface area contributed by atoms with Crippen molar-refractivity contribution in [3.05, 3.63) is 96.6 Å². The Morgan fingerprint density at radius 3 is 2.26 bits per heavy atom. The summed E-state index contributed by atoms with van der Waals surface area (Å²) in [5.74, 6) is -0.0393. The van der Waals surface area contributed by atoms with Crippen molar-refractivity contribution in [3.63, 3.8) is 0 Å². The van der Waals surface area contributed by atoms with Crippen LogP contribution in [0.2, 0.25) is 0 Å². The highest BCUT2D eigenvalue weighted by molar-refractivity contribution is 8.00. The lowest BCUT2D eigenvalue weighted by Gasteiger charge is -2.15. The molecule has 176 valence electrons. The van der Waals surface area contributed by atoms with Crippen LogP contribution in [-0.2, 0) is 4.79 Å². The van der Waals surface area contributed by atoms with E-state index in [0.29, 0.717) is 10.7 Å². The maximum absolute atomic E-state index is 12.9. The van der Waals surface area contributed by atoms with Crippen molar-refractivity contribution in [2.75, 3.05) is 16.0 Å². The van der Waals surface area contributed by atoms with Crippen molar-refractivity contribution in [2.24, 2.45) is 0 Å². The van der Waals surface area contributed by atoms with Gasteiger partial charge in [0.05, 0.1) is 5.25 Å². The Kier molecular flexibility index (Phi) is 7.80. The molecule has 4 rings (SSSR count). The SMILES string of the molecule is CC(=O)c1ccc(NC(=S)Nc2cccc(SC(C)C(=O)Nc3cccc4ccccc34)c2)cc1. The van der Waals surface area contributed by atoms with E-state index in [-0.39, 0.29) is 16.9 Å². The Hall–Kier alpha value is -3.68. The largest absolute Gasteiger partial charge is 0.332 e. The third-order valence-electron chi connectivity index (χ3n) is 5.37. The number of ketones is 1. The minimum Gasteiger partial charge on any atom is -0.332 e. The molecule has 0 aliphatic rings. The highest BCUT2D eigenvalue weighted by Gasteiger charge is 2.16. The molecule has 0 aliphatic carbocycles. The number of hydrogen-bond donors (Lipinski definition) is 3. The molecule has 5 nitrogen and oxygen atoms in total. The number of Topliss-reactive ketones (excluding diaryl/α,β-unsaturated/α-hetero) is 1. The lowest BCUT2D eigenvalue weighted by Crippen LogP contribution is -2.22. The monoisotopic (exact) mass is 499 g/mol. The van der Waals surface area contributed by atoms with Gasteiger partial charge in [0.25, 0.3) is 0 Å². The number of nitrogens with one attached hydrogen (secondary N) is 3. The summed E-state index contributed by atoms with van der Waals surface area (Å²) in [5.41, 5.74) is 3.06. The van der Waals surface area contributed by atoms with E-state index in [1.165, 1.54) is 18.7 Å². The fraction of sp³-hybridized carbons (Fsp3) is 0.107. The van der Waals surface area contributed by atoms with Crippen molar-refractivity contribution in [1.29, 1.82) is 0 Å². The molecule has 0 heterocycles. The number of fused-ring (bicyclic) bond motifs is 1. The van der Waals surface area contributed by atoms with Crippen molar-refractivity contribution in [1.82, 2.24) is 0 Å². The number of thioether (sulfide) groups is 1. The molecule has 4 aromatic carbocycles. The minimum atomic E-state index is -0.297. The van der Waals surface area contributed by atoms with Crippen LogP contribution in [0.1, 0.15) is 24.2 Å². The zero-order chi connectivity index (χ0) is 24.8. The highest BCUT2D eigenvalue weighted by atomic mass is 32.2. The van der Waals surface area contributed by atoms with E-state index in [1.54, 1.807) is 12.1 Å². The van der Waals surface area contributed by atoms with E-state index in [4.69, 9.17) is 12.2 Å². The van der Waals surface area contributed by atoms with Crippen LogP contribution in [0.25, 0.3) is 10.8 Å². The van der Waals surface area contributed by atoms with Crippen LogP contribution >= 0.6 is 24.0 Å². The zero-order valence-electron chi connectivity index (χ0n) is 19.4. The van der Waals surface area contributed by atoms with Gasteiger partial charge in [-0.3, -0.25) is 9.59 Å². The molecule has 0 aromatic heterocycles. The van der Waals surface area contributed by atoms with Crippen LogP contribution in [-0.4, -0.2) is 22.1 Å². The average Bonchev–Trinajstić information content (AvgIpc) is 2.84.